The lowest BCUT2D eigenvalue weighted by Crippen LogP contribution is -2.13. The largest absolute Gasteiger partial charge is 0.497 e. The highest BCUT2D eigenvalue weighted by Crippen LogP contribution is 2.30. The number of carbonyl (C=O) groups is 1. The number of non-ortho nitro benzene ring substituents is 1. The lowest BCUT2D eigenvalue weighted by atomic mass is 10.1. The number of rotatable bonds is 8. The normalized spacial score (nSPS) is 11.3. The number of anilines is 1. The third-order valence-corrected chi connectivity index (χ3v) is 6.36. The van der Waals surface area contributed by atoms with Crippen molar-refractivity contribution in [2.75, 3.05) is 12.4 Å². The highest BCUT2D eigenvalue weighted by Gasteiger charge is 2.20. The Hall–Kier alpha value is -4.21. The number of nitriles is 1. The molecule has 3 aromatic carbocycles. The van der Waals surface area contributed by atoms with Crippen molar-refractivity contribution in [3.05, 3.63) is 92.5 Å². The van der Waals surface area contributed by atoms with Gasteiger partial charge in [-0.3, -0.25) is 14.9 Å². The van der Waals surface area contributed by atoms with Gasteiger partial charge in [-0.05, 0) is 64.0 Å². The standard InChI is InChI=1S/C23H16BrN3O7S/c1-33-19-4-2-3-17(13-19)26-23(28)16(14-25)11-15-5-10-22(21(24)12-15)34-35(31,32)20-8-6-18(7-9-20)27(29)30/h2-13H,1H3,(H,26,28)/b16-11+. The Morgan fingerprint density at radius 1 is 1.14 bits per heavy atom. The van der Waals surface area contributed by atoms with Crippen molar-refractivity contribution < 1.29 is 27.1 Å². The fraction of sp³-hybridized carbons (Fsp3) is 0.0435. The van der Waals surface area contributed by atoms with Gasteiger partial charge in [0.15, 0.2) is 5.75 Å². The van der Waals surface area contributed by atoms with E-state index in [1.54, 1.807) is 24.3 Å². The number of nitro groups is 1. The predicted molar refractivity (Wildman–Crippen MR) is 130 cm³/mol. The zero-order valence-corrected chi connectivity index (χ0v) is 20.4. The third-order valence-electron chi connectivity index (χ3n) is 4.50. The molecule has 0 heterocycles. The van der Waals surface area contributed by atoms with Crippen molar-refractivity contribution in [2.45, 2.75) is 4.90 Å². The number of ether oxygens (including phenoxy) is 1. The summed E-state index contributed by atoms with van der Waals surface area (Å²) >= 11 is 3.22. The maximum Gasteiger partial charge on any atom is 0.339 e. The van der Waals surface area contributed by atoms with Crippen molar-refractivity contribution >= 4 is 49.4 Å². The molecule has 0 saturated heterocycles. The van der Waals surface area contributed by atoms with Crippen LogP contribution < -0.4 is 14.2 Å². The zero-order valence-electron chi connectivity index (χ0n) is 18.0. The van der Waals surface area contributed by atoms with E-state index in [-0.39, 0.29) is 26.4 Å². The Bertz CT molecular complexity index is 1460. The minimum absolute atomic E-state index is 0.0557. The van der Waals surface area contributed by atoms with E-state index in [0.29, 0.717) is 17.0 Å². The molecule has 0 bridgehead atoms. The van der Waals surface area contributed by atoms with Crippen LogP contribution in [0.3, 0.4) is 0 Å². The van der Waals surface area contributed by atoms with Gasteiger partial charge in [-0.2, -0.15) is 13.7 Å². The molecule has 0 aliphatic heterocycles. The van der Waals surface area contributed by atoms with Crippen LogP contribution in [0.4, 0.5) is 11.4 Å². The monoisotopic (exact) mass is 557 g/mol. The third kappa shape index (κ3) is 6.44. The van der Waals surface area contributed by atoms with Crippen LogP contribution in [0, 0.1) is 21.4 Å². The van der Waals surface area contributed by atoms with Gasteiger partial charge in [0, 0.05) is 23.9 Å². The van der Waals surface area contributed by atoms with E-state index >= 15 is 0 Å². The number of amides is 1. The van der Waals surface area contributed by atoms with Gasteiger partial charge in [-0.15, -0.1) is 0 Å². The molecule has 35 heavy (non-hydrogen) atoms. The van der Waals surface area contributed by atoms with Gasteiger partial charge >= 0.3 is 10.1 Å². The van der Waals surface area contributed by atoms with E-state index in [9.17, 15) is 28.6 Å². The molecule has 178 valence electrons. The second-order valence-electron chi connectivity index (χ2n) is 6.83. The van der Waals surface area contributed by atoms with Crippen LogP contribution in [0.15, 0.2) is 81.7 Å². The first-order chi connectivity index (χ1) is 16.6. The maximum atomic E-state index is 12.5. The SMILES string of the molecule is COc1cccc(NC(=O)/C(C#N)=C/c2ccc(OS(=O)(=O)c3ccc([N+](=O)[O-])cc3)c(Br)c2)c1. The quantitative estimate of drug-likeness (QED) is 0.138. The van der Waals surface area contributed by atoms with Crippen molar-refractivity contribution in [3.8, 4) is 17.6 Å². The second-order valence-corrected chi connectivity index (χ2v) is 9.23. The van der Waals surface area contributed by atoms with Crippen molar-refractivity contribution in [1.29, 1.82) is 5.26 Å². The zero-order chi connectivity index (χ0) is 25.6. The van der Waals surface area contributed by atoms with E-state index < -0.39 is 20.9 Å². The molecule has 0 atom stereocenters. The Kier molecular flexibility index (Phi) is 7.85. The first kappa shape index (κ1) is 25.4. The average molecular weight is 558 g/mol. The van der Waals surface area contributed by atoms with Crippen molar-refractivity contribution in [2.24, 2.45) is 0 Å². The topological polar surface area (TPSA) is 149 Å². The van der Waals surface area contributed by atoms with E-state index in [1.807, 2.05) is 6.07 Å². The van der Waals surface area contributed by atoms with E-state index in [2.05, 4.69) is 21.2 Å². The van der Waals surface area contributed by atoms with E-state index in [0.717, 1.165) is 24.3 Å². The number of hydrogen-bond donors (Lipinski definition) is 1. The summed E-state index contributed by atoms with van der Waals surface area (Å²) in [4.78, 5) is 22.4. The molecule has 0 aliphatic carbocycles. The number of carbonyl (C=O) groups excluding carboxylic acids is 1. The lowest BCUT2D eigenvalue weighted by molar-refractivity contribution is -0.384. The molecule has 1 N–H and O–H groups in total. The minimum Gasteiger partial charge on any atom is -0.497 e. The average Bonchev–Trinajstić information content (AvgIpc) is 2.84. The molecule has 0 radical (unpaired) electrons. The van der Waals surface area contributed by atoms with E-state index in [1.165, 1.54) is 31.4 Å². The first-order valence-corrected chi connectivity index (χ1v) is 11.9. The smallest absolute Gasteiger partial charge is 0.339 e. The summed E-state index contributed by atoms with van der Waals surface area (Å²) in [5.41, 5.74) is 0.420. The van der Waals surface area contributed by atoms with Crippen molar-refractivity contribution in [3.63, 3.8) is 0 Å². The Balaban J connectivity index is 1.78. The lowest BCUT2D eigenvalue weighted by Gasteiger charge is -2.09. The fourth-order valence-corrected chi connectivity index (χ4v) is 4.32. The summed E-state index contributed by atoms with van der Waals surface area (Å²) in [6.07, 6.45) is 1.33. The summed E-state index contributed by atoms with van der Waals surface area (Å²) in [7, 11) is -2.78. The number of nitrogens with zero attached hydrogens (tertiary/aromatic N) is 2. The number of methoxy groups -OCH3 is 1. The van der Waals surface area contributed by atoms with Gasteiger partial charge in [0.1, 0.15) is 22.3 Å². The molecule has 0 fully saturated rings. The molecular formula is C23H16BrN3O7S. The summed E-state index contributed by atoms with van der Waals surface area (Å²) in [5.74, 6) is -0.161. The molecule has 3 rings (SSSR count). The second kappa shape index (κ2) is 10.8. The van der Waals surface area contributed by atoms with Crippen LogP contribution in [0.1, 0.15) is 5.56 Å². The van der Waals surface area contributed by atoms with Crippen LogP contribution >= 0.6 is 15.9 Å². The molecular weight excluding hydrogens is 542 g/mol. The fourth-order valence-electron chi connectivity index (χ4n) is 2.79. The molecule has 0 saturated carbocycles. The molecule has 12 heteroatoms. The van der Waals surface area contributed by atoms with Crippen LogP contribution in [-0.2, 0) is 14.9 Å². The minimum atomic E-state index is -4.27. The number of hydrogen-bond acceptors (Lipinski definition) is 8. The van der Waals surface area contributed by atoms with E-state index in [4.69, 9.17) is 8.92 Å². The van der Waals surface area contributed by atoms with Gasteiger partial charge in [0.25, 0.3) is 11.6 Å². The first-order valence-electron chi connectivity index (χ1n) is 9.68. The van der Waals surface area contributed by atoms with Crippen LogP contribution in [0.5, 0.6) is 11.5 Å². The Labute approximate surface area is 208 Å². The van der Waals surface area contributed by atoms with Crippen LogP contribution in [0.2, 0.25) is 0 Å². The number of nitro benzene ring substituents is 1. The highest BCUT2D eigenvalue weighted by molar-refractivity contribution is 9.10. The molecule has 0 unspecified atom stereocenters. The summed E-state index contributed by atoms with van der Waals surface area (Å²) < 4.78 is 35.5. The molecule has 0 aliphatic rings. The van der Waals surface area contributed by atoms with Crippen LogP contribution in [-0.4, -0.2) is 26.4 Å². The van der Waals surface area contributed by atoms with Crippen LogP contribution in [0.25, 0.3) is 6.08 Å². The van der Waals surface area contributed by atoms with Gasteiger partial charge in [-0.25, -0.2) is 0 Å². The molecule has 10 nitrogen and oxygen atoms in total. The molecule has 0 aromatic heterocycles. The van der Waals surface area contributed by atoms with Gasteiger partial charge in [0.2, 0.25) is 0 Å². The summed E-state index contributed by atoms with van der Waals surface area (Å²) in [6, 6.07) is 17.0. The molecule has 0 spiro atoms. The summed E-state index contributed by atoms with van der Waals surface area (Å²) in [5, 5.41) is 22.8. The maximum absolute atomic E-state index is 12.5. The Morgan fingerprint density at radius 3 is 2.46 bits per heavy atom. The Morgan fingerprint density at radius 2 is 1.86 bits per heavy atom. The number of nitrogens with one attached hydrogen (secondary N) is 1. The molecule has 1 amide bonds. The van der Waals surface area contributed by atoms with Gasteiger partial charge < -0.3 is 14.2 Å². The summed E-state index contributed by atoms with van der Waals surface area (Å²) in [6.45, 7) is 0. The highest BCUT2D eigenvalue weighted by atomic mass is 79.9. The van der Waals surface area contributed by atoms with Crippen molar-refractivity contribution in [1.82, 2.24) is 0 Å². The predicted octanol–water partition coefficient (Wildman–Crippen LogP) is 4.68. The number of halogens is 1. The van der Waals surface area contributed by atoms with Gasteiger partial charge in [0.05, 0.1) is 16.5 Å². The van der Waals surface area contributed by atoms with Gasteiger partial charge in [-0.1, -0.05) is 12.1 Å². The molecule has 3 aromatic rings. The number of benzene rings is 3.